The summed E-state index contributed by atoms with van der Waals surface area (Å²) >= 11 is 0. The Morgan fingerprint density at radius 2 is 1.97 bits per heavy atom. The molecule has 33 heavy (non-hydrogen) atoms. The van der Waals surface area contributed by atoms with Gasteiger partial charge in [-0.05, 0) is 32.0 Å². The molecule has 0 fully saturated rings. The van der Waals surface area contributed by atoms with Crippen molar-refractivity contribution in [2.24, 2.45) is 0 Å². The van der Waals surface area contributed by atoms with Crippen molar-refractivity contribution in [3.63, 3.8) is 0 Å². The van der Waals surface area contributed by atoms with Crippen LogP contribution >= 0.6 is 0 Å². The van der Waals surface area contributed by atoms with Gasteiger partial charge in [-0.2, -0.15) is 10.2 Å². The van der Waals surface area contributed by atoms with E-state index in [2.05, 4.69) is 35.2 Å². The number of hydrogen-bond acceptors (Lipinski definition) is 8. The van der Waals surface area contributed by atoms with E-state index in [1.807, 2.05) is 18.7 Å². The number of aromatic nitrogens is 8. The minimum absolute atomic E-state index is 0.00427. The molecule has 0 atom stereocenters. The van der Waals surface area contributed by atoms with Crippen LogP contribution in [0.3, 0.4) is 0 Å². The molecule has 0 aromatic carbocycles. The molecule has 3 N–H and O–H groups in total. The molecule has 12 heteroatoms. The SMILES string of the molecule is CCN(CC)c1n[nH]c2nc(-c3nn(Cc4ncccc4F)c4ncc(F)cc34)nc(N)c12. The summed E-state index contributed by atoms with van der Waals surface area (Å²) in [6.07, 6.45) is 2.56. The Hall–Kier alpha value is -4.22. The third kappa shape index (κ3) is 3.49. The number of aromatic amines is 1. The molecule has 5 aromatic rings. The molecule has 0 bridgehead atoms. The van der Waals surface area contributed by atoms with Crippen LogP contribution in [0.25, 0.3) is 33.6 Å². The maximum absolute atomic E-state index is 14.2. The Balaban J connectivity index is 1.67. The molecule has 0 radical (unpaired) electrons. The maximum atomic E-state index is 14.2. The molecule has 10 nitrogen and oxygen atoms in total. The van der Waals surface area contributed by atoms with Crippen LogP contribution in [0, 0.1) is 11.6 Å². The van der Waals surface area contributed by atoms with Crippen LogP contribution in [0.1, 0.15) is 19.5 Å². The molecule has 0 saturated carbocycles. The molecular weight excluding hydrogens is 430 g/mol. The third-order valence-electron chi connectivity index (χ3n) is 5.39. The van der Waals surface area contributed by atoms with Gasteiger partial charge in [-0.1, -0.05) is 0 Å². The highest BCUT2D eigenvalue weighted by molar-refractivity contribution is 5.98. The zero-order valence-electron chi connectivity index (χ0n) is 17.9. The Bertz CT molecular complexity index is 1470. The Morgan fingerprint density at radius 1 is 1.15 bits per heavy atom. The first-order chi connectivity index (χ1) is 16.0. The summed E-state index contributed by atoms with van der Waals surface area (Å²) in [6, 6.07) is 4.10. The van der Waals surface area contributed by atoms with Crippen LogP contribution in [0.4, 0.5) is 20.4 Å². The van der Waals surface area contributed by atoms with Crippen LogP contribution in [-0.2, 0) is 6.54 Å². The van der Waals surface area contributed by atoms with Crippen LogP contribution in [0.2, 0.25) is 0 Å². The van der Waals surface area contributed by atoms with Crippen molar-refractivity contribution in [2.45, 2.75) is 20.4 Å². The van der Waals surface area contributed by atoms with E-state index in [0.29, 0.717) is 27.9 Å². The number of nitrogens with two attached hydrogens (primary N) is 1. The largest absolute Gasteiger partial charge is 0.383 e. The van der Waals surface area contributed by atoms with Gasteiger partial charge in [0.2, 0.25) is 0 Å². The topological polar surface area (TPSA) is 127 Å². The number of nitrogens with zero attached hydrogens (tertiary/aromatic N) is 8. The van der Waals surface area contributed by atoms with E-state index in [1.54, 1.807) is 0 Å². The first-order valence-corrected chi connectivity index (χ1v) is 10.4. The summed E-state index contributed by atoms with van der Waals surface area (Å²) in [5, 5.41) is 12.7. The minimum atomic E-state index is -0.549. The van der Waals surface area contributed by atoms with Gasteiger partial charge in [-0.15, -0.1) is 0 Å². The van der Waals surface area contributed by atoms with Crippen molar-refractivity contribution in [1.29, 1.82) is 0 Å². The van der Waals surface area contributed by atoms with Crippen LogP contribution in [-0.4, -0.2) is 53.0 Å². The number of nitrogen functional groups attached to an aromatic ring is 1. The van der Waals surface area contributed by atoms with E-state index in [9.17, 15) is 8.78 Å². The number of halogens is 2. The standard InChI is InChI=1S/C21H20F2N10/c1-3-32(4-2)21-15-17(24)27-19(28-18(15)29-30-21)16-12-8-11(22)9-26-20(12)33(31-16)10-14-13(23)6-5-7-25-14/h5-9H,3-4,10H2,1-2H3,(H3,24,27,28,29,30). The van der Waals surface area contributed by atoms with Gasteiger partial charge in [0.15, 0.2) is 22.9 Å². The number of nitrogens with one attached hydrogen (secondary N) is 1. The maximum Gasteiger partial charge on any atom is 0.184 e. The second-order valence-corrected chi connectivity index (χ2v) is 7.34. The summed E-state index contributed by atoms with van der Waals surface area (Å²) in [7, 11) is 0. The number of rotatable bonds is 6. The van der Waals surface area contributed by atoms with Gasteiger partial charge in [0.25, 0.3) is 0 Å². The first kappa shape index (κ1) is 20.7. The molecule has 0 saturated heterocycles. The lowest BCUT2D eigenvalue weighted by Crippen LogP contribution is -2.22. The predicted octanol–water partition coefficient (Wildman–Crippen LogP) is 2.91. The molecule has 5 aromatic heterocycles. The Kier molecular flexibility index (Phi) is 5.04. The molecule has 0 spiro atoms. The van der Waals surface area contributed by atoms with Crippen molar-refractivity contribution < 1.29 is 8.78 Å². The molecule has 0 amide bonds. The molecule has 0 aliphatic rings. The average molecular weight is 450 g/mol. The highest BCUT2D eigenvalue weighted by Crippen LogP contribution is 2.31. The molecule has 5 heterocycles. The van der Waals surface area contributed by atoms with Gasteiger partial charge in [0.1, 0.15) is 28.5 Å². The zero-order valence-corrected chi connectivity index (χ0v) is 17.9. The number of anilines is 2. The van der Waals surface area contributed by atoms with Crippen molar-refractivity contribution in [1.82, 2.24) is 39.9 Å². The molecule has 0 aliphatic carbocycles. The van der Waals surface area contributed by atoms with E-state index >= 15 is 0 Å². The van der Waals surface area contributed by atoms with E-state index in [4.69, 9.17) is 5.73 Å². The van der Waals surface area contributed by atoms with Crippen molar-refractivity contribution in [2.75, 3.05) is 23.7 Å². The quantitative estimate of drug-likeness (QED) is 0.404. The van der Waals surface area contributed by atoms with E-state index in [-0.39, 0.29) is 29.6 Å². The predicted molar refractivity (Wildman–Crippen MR) is 119 cm³/mol. The van der Waals surface area contributed by atoms with E-state index < -0.39 is 11.6 Å². The minimum Gasteiger partial charge on any atom is -0.383 e. The van der Waals surface area contributed by atoms with Crippen molar-refractivity contribution in [3.8, 4) is 11.5 Å². The molecule has 0 unspecified atom stereocenters. The van der Waals surface area contributed by atoms with E-state index in [0.717, 1.165) is 19.3 Å². The van der Waals surface area contributed by atoms with E-state index in [1.165, 1.54) is 29.1 Å². The summed E-state index contributed by atoms with van der Waals surface area (Å²) in [5.74, 6) is 0.0218. The normalized spacial score (nSPS) is 11.5. The monoisotopic (exact) mass is 450 g/mol. The van der Waals surface area contributed by atoms with Crippen LogP contribution in [0.5, 0.6) is 0 Å². The van der Waals surface area contributed by atoms with Crippen LogP contribution in [0.15, 0.2) is 30.6 Å². The third-order valence-corrected chi connectivity index (χ3v) is 5.39. The number of pyridine rings is 2. The smallest absolute Gasteiger partial charge is 0.184 e. The lowest BCUT2D eigenvalue weighted by molar-refractivity contribution is 0.575. The van der Waals surface area contributed by atoms with Gasteiger partial charge < -0.3 is 10.6 Å². The van der Waals surface area contributed by atoms with Gasteiger partial charge in [0.05, 0.1) is 23.8 Å². The highest BCUT2D eigenvalue weighted by atomic mass is 19.1. The summed E-state index contributed by atoms with van der Waals surface area (Å²) in [5.41, 5.74) is 7.50. The molecule has 5 rings (SSSR count). The first-order valence-electron chi connectivity index (χ1n) is 10.4. The van der Waals surface area contributed by atoms with Gasteiger partial charge in [0, 0.05) is 19.3 Å². The van der Waals surface area contributed by atoms with Gasteiger partial charge in [-0.3, -0.25) is 10.1 Å². The number of H-pyrrole nitrogens is 1. The summed E-state index contributed by atoms with van der Waals surface area (Å²) in [4.78, 5) is 19.2. The molecule has 0 aliphatic heterocycles. The Labute approximate surface area is 186 Å². The number of fused-ring (bicyclic) bond motifs is 2. The average Bonchev–Trinajstić information content (AvgIpc) is 3.38. The molecular formula is C21H20F2N10. The fourth-order valence-electron chi connectivity index (χ4n) is 3.79. The van der Waals surface area contributed by atoms with Crippen molar-refractivity contribution in [3.05, 3.63) is 47.9 Å². The zero-order chi connectivity index (χ0) is 23.1. The highest BCUT2D eigenvalue weighted by Gasteiger charge is 2.22. The summed E-state index contributed by atoms with van der Waals surface area (Å²) in [6.45, 7) is 5.50. The Morgan fingerprint density at radius 3 is 2.73 bits per heavy atom. The summed E-state index contributed by atoms with van der Waals surface area (Å²) < 4.78 is 29.7. The second-order valence-electron chi connectivity index (χ2n) is 7.34. The second kappa shape index (κ2) is 8.04. The van der Waals surface area contributed by atoms with Gasteiger partial charge >= 0.3 is 0 Å². The van der Waals surface area contributed by atoms with Crippen molar-refractivity contribution >= 4 is 33.7 Å². The number of hydrogen-bond donors (Lipinski definition) is 2. The lowest BCUT2D eigenvalue weighted by Gasteiger charge is -2.18. The van der Waals surface area contributed by atoms with Crippen LogP contribution < -0.4 is 10.6 Å². The fourth-order valence-corrected chi connectivity index (χ4v) is 3.79. The fraction of sp³-hybridized carbons (Fsp3) is 0.238. The molecule has 168 valence electrons. The van der Waals surface area contributed by atoms with Gasteiger partial charge in [-0.25, -0.2) is 28.4 Å². The lowest BCUT2D eigenvalue weighted by atomic mass is 10.2.